The van der Waals surface area contributed by atoms with Gasteiger partial charge in [0.25, 0.3) is 0 Å². The Labute approximate surface area is 91.6 Å². The molecule has 0 atom stereocenters. The number of fused-ring (bicyclic) bond motifs is 1. The maximum absolute atomic E-state index is 11.3. The topological polar surface area (TPSA) is 39.2 Å². The van der Waals surface area contributed by atoms with Crippen LogP contribution in [-0.4, -0.2) is 18.1 Å². The standard InChI is InChI=1S/C11H8ClNO2/c1-15-11(14)7-2-3-8-6-13-10(12)5-9(8)4-7/h2-6H,1H3. The first-order valence-corrected chi connectivity index (χ1v) is 4.72. The van der Waals surface area contributed by atoms with Crippen molar-refractivity contribution in [1.82, 2.24) is 4.98 Å². The monoisotopic (exact) mass is 221 g/mol. The minimum absolute atomic E-state index is 0.357. The fraction of sp³-hybridized carbons (Fsp3) is 0.0909. The summed E-state index contributed by atoms with van der Waals surface area (Å²) in [6, 6.07) is 6.95. The number of ether oxygens (including phenoxy) is 1. The van der Waals surface area contributed by atoms with E-state index in [1.54, 1.807) is 24.4 Å². The second kappa shape index (κ2) is 3.87. The van der Waals surface area contributed by atoms with Gasteiger partial charge < -0.3 is 4.74 Å². The molecule has 1 heterocycles. The molecule has 0 aliphatic heterocycles. The van der Waals surface area contributed by atoms with Crippen LogP contribution in [0.1, 0.15) is 10.4 Å². The van der Waals surface area contributed by atoms with E-state index in [4.69, 9.17) is 11.6 Å². The van der Waals surface area contributed by atoms with Crippen LogP contribution in [0.25, 0.3) is 10.8 Å². The third-order valence-electron chi connectivity index (χ3n) is 2.11. The molecule has 0 spiro atoms. The number of carbonyl (C=O) groups excluding carboxylic acids is 1. The highest BCUT2D eigenvalue weighted by Gasteiger charge is 2.05. The summed E-state index contributed by atoms with van der Waals surface area (Å²) in [6.45, 7) is 0. The number of benzene rings is 1. The van der Waals surface area contributed by atoms with E-state index >= 15 is 0 Å². The van der Waals surface area contributed by atoms with Crippen molar-refractivity contribution in [3.8, 4) is 0 Å². The van der Waals surface area contributed by atoms with E-state index in [1.807, 2.05) is 6.07 Å². The van der Waals surface area contributed by atoms with Gasteiger partial charge >= 0.3 is 5.97 Å². The van der Waals surface area contributed by atoms with Gasteiger partial charge in [0.15, 0.2) is 0 Å². The second-order valence-electron chi connectivity index (χ2n) is 3.06. The fourth-order valence-corrected chi connectivity index (χ4v) is 1.53. The van der Waals surface area contributed by atoms with Crippen molar-refractivity contribution in [2.75, 3.05) is 7.11 Å². The molecule has 0 bridgehead atoms. The van der Waals surface area contributed by atoms with E-state index in [-0.39, 0.29) is 5.97 Å². The molecule has 4 heteroatoms. The number of nitrogens with zero attached hydrogens (tertiary/aromatic N) is 1. The van der Waals surface area contributed by atoms with Crippen LogP contribution in [0, 0.1) is 0 Å². The Bertz CT molecular complexity index is 525. The zero-order valence-electron chi connectivity index (χ0n) is 8.03. The molecule has 2 rings (SSSR count). The maximum atomic E-state index is 11.3. The average molecular weight is 222 g/mol. The van der Waals surface area contributed by atoms with Crippen molar-refractivity contribution in [1.29, 1.82) is 0 Å². The molecule has 0 N–H and O–H groups in total. The molecule has 0 unspecified atom stereocenters. The van der Waals surface area contributed by atoms with Gasteiger partial charge in [-0.15, -0.1) is 0 Å². The summed E-state index contributed by atoms with van der Waals surface area (Å²) >= 11 is 5.76. The molecule has 0 saturated heterocycles. The summed E-state index contributed by atoms with van der Waals surface area (Å²) in [5, 5.41) is 2.22. The van der Waals surface area contributed by atoms with Crippen LogP contribution in [0.4, 0.5) is 0 Å². The van der Waals surface area contributed by atoms with Gasteiger partial charge in [0, 0.05) is 11.6 Å². The molecule has 1 aromatic heterocycles. The van der Waals surface area contributed by atoms with Gasteiger partial charge in [-0.05, 0) is 23.6 Å². The highest BCUT2D eigenvalue weighted by molar-refractivity contribution is 6.30. The van der Waals surface area contributed by atoms with Crippen LogP contribution in [0.2, 0.25) is 5.15 Å². The Balaban J connectivity index is 2.59. The molecule has 0 amide bonds. The summed E-state index contributed by atoms with van der Waals surface area (Å²) in [5.41, 5.74) is 0.507. The van der Waals surface area contributed by atoms with Gasteiger partial charge in [0.2, 0.25) is 0 Å². The van der Waals surface area contributed by atoms with E-state index < -0.39 is 0 Å². The molecule has 2 aromatic rings. The summed E-state index contributed by atoms with van der Waals surface area (Å²) < 4.78 is 4.63. The van der Waals surface area contributed by atoms with E-state index in [9.17, 15) is 4.79 Å². The third-order valence-corrected chi connectivity index (χ3v) is 2.32. The largest absolute Gasteiger partial charge is 0.465 e. The van der Waals surface area contributed by atoms with E-state index in [0.717, 1.165) is 10.8 Å². The number of aromatic nitrogens is 1. The first-order valence-electron chi connectivity index (χ1n) is 4.34. The number of halogens is 1. The minimum atomic E-state index is -0.357. The summed E-state index contributed by atoms with van der Waals surface area (Å²) in [5.74, 6) is -0.357. The quantitative estimate of drug-likeness (QED) is 0.549. The molecule has 0 fully saturated rings. The lowest BCUT2D eigenvalue weighted by molar-refractivity contribution is 0.0601. The average Bonchev–Trinajstić information content (AvgIpc) is 2.27. The van der Waals surface area contributed by atoms with Gasteiger partial charge in [-0.2, -0.15) is 0 Å². The number of pyridine rings is 1. The van der Waals surface area contributed by atoms with E-state index in [2.05, 4.69) is 9.72 Å². The van der Waals surface area contributed by atoms with Gasteiger partial charge in [-0.25, -0.2) is 9.78 Å². The molecule has 15 heavy (non-hydrogen) atoms. The normalized spacial score (nSPS) is 10.3. The van der Waals surface area contributed by atoms with Crippen LogP contribution < -0.4 is 0 Å². The number of carbonyl (C=O) groups is 1. The Morgan fingerprint density at radius 2 is 2.13 bits per heavy atom. The lowest BCUT2D eigenvalue weighted by atomic mass is 10.1. The van der Waals surface area contributed by atoms with Crippen molar-refractivity contribution >= 4 is 28.3 Å². The Hall–Kier alpha value is -1.61. The van der Waals surface area contributed by atoms with Crippen LogP contribution >= 0.6 is 11.6 Å². The highest BCUT2D eigenvalue weighted by atomic mass is 35.5. The van der Waals surface area contributed by atoms with Crippen LogP contribution in [0.15, 0.2) is 30.5 Å². The summed E-state index contributed by atoms with van der Waals surface area (Å²) in [6.07, 6.45) is 1.67. The lowest BCUT2D eigenvalue weighted by Crippen LogP contribution is -2.00. The number of hydrogen-bond donors (Lipinski definition) is 0. The Kier molecular flexibility index (Phi) is 2.56. The minimum Gasteiger partial charge on any atom is -0.465 e. The Morgan fingerprint density at radius 3 is 2.87 bits per heavy atom. The number of esters is 1. The molecular formula is C11H8ClNO2. The van der Waals surface area contributed by atoms with Crippen LogP contribution in [0.3, 0.4) is 0 Å². The smallest absolute Gasteiger partial charge is 0.337 e. The maximum Gasteiger partial charge on any atom is 0.337 e. The van der Waals surface area contributed by atoms with E-state index in [0.29, 0.717) is 10.7 Å². The van der Waals surface area contributed by atoms with Gasteiger partial charge in [0.1, 0.15) is 5.15 Å². The molecule has 0 aliphatic rings. The molecule has 0 radical (unpaired) electrons. The molecule has 3 nitrogen and oxygen atoms in total. The van der Waals surface area contributed by atoms with Crippen molar-refractivity contribution < 1.29 is 9.53 Å². The van der Waals surface area contributed by atoms with Crippen molar-refractivity contribution in [2.45, 2.75) is 0 Å². The van der Waals surface area contributed by atoms with Crippen molar-refractivity contribution in [3.63, 3.8) is 0 Å². The van der Waals surface area contributed by atoms with Crippen molar-refractivity contribution in [3.05, 3.63) is 41.2 Å². The van der Waals surface area contributed by atoms with Crippen LogP contribution in [-0.2, 0) is 4.74 Å². The second-order valence-corrected chi connectivity index (χ2v) is 3.45. The van der Waals surface area contributed by atoms with E-state index in [1.165, 1.54) is 7.11 Å². The zero-order valence-corrected chi connectivity index (χ0v) is 8.78. The molecule has 76 valence electrons. The molecule has 0 aliphatic carbocycles. The summed E-state index contributed by atoms with van der Waals surface area (Å²) in [4.78, 5) is 15.2. The lowest BCUT2D eigenvalue weighted by Gasteiger charge is -2.01. The predicted octanol–water partition coefficient (Wildman–Crippen LogP) is 2.67. The SMILES string of the molecule is COC(=O)c1ccc2cnc(Cl)cc2c1. The Morgan fingerprint density at radius 1 is 1.33 bits per heavy atom. The molecule has 1 aromatic carbocycles. The van der Waals surface area contributed by atoms with Crippen molar-refractivity contribution in [2.24, 2.45) is 0 Å². The van der Waals surface area contributed by atoms with Gasteiger partial charge in [0.05, 0.1) is 12.7 Å². The zero-order chi connectivity index (χ0) is 10.8. The van der Waals surface area contributed by atoms with Gasteiger partial charge in [-0.3, -0.25) is 0 Å². The predicted molar refractivity (Wildman–Crippen MR) is 58.1 cm³/mol. The number of methoxy groups -OCH3 is 1. The molecular weight excluding hydrogens is 214 g/mol. The van der Waals surface area contributed by atoms with Gasteiger partial charge in [-0.1, -0.05) is 17.7 Å². The number of hydrogen-bond acceptors (Lipinski definition) is 3. The fourth-order valence-electron chi connectivity index (χ4n) is 1.36. The molecule has 0 saturated carbocycles. The van der Waals surface area contributed by atoms with Crippen LogP contribution in [0.5, 0.6) is 0 Å². The first kappa shape index (κ1) is 9.93. The highest BCUT2D eigenvalue weighted by Crippen LogP contribution is 2.18. The third kappa shape index (κ3) is 1.92. The summed E-state index contributed by atoms with van der Waals surface area (Å²) in [7, 11) is 1.35. The number of rotatable bonds is 1. The first-order chi connectivity index (χ1) is 7.20.